The highest BCUT2D eigenvalue weighted by Gasteiger charge is 2.36. The number of likely N-dealkylation sites (tertiary alicyclic amines) is 2. The highest BCUT2D eigenvalue weighted by atomic mass is 16.5. The summed E-state index contributed by atoms with van der Waals surface area (Å²) >= 11 is 0. The topological polar surface area (TPSA) is 114 Å². The number of benzene rings is 2. The van der Waals surface area contributed by atoms with Crippen LogP contribution in [0.2, 0.25) is 0 Å². The van der Waals surface area contributed by atoms with Crippen molar-refractivity contribution in [3.8, 4) is 5.69 Å². The summed E-state index contributed by atoms with van der Waals surface area (Å²) in [5.41, 5.74) is 6.31. The number of oxazole rings is 1. The standard InChI is InChI=1S/C47H62N6O5/c1-9-31(5)50(27-34(10-2)11-3)43-26-35(20-22-40(43)46(55)52-29-37(21-18-33(52)7)44-49-41(30-58-44)47(56)57-8)25-36-19-17-32(6)51(28-36)45(54)39-15-13-14-16-42(39)53-38(12-4)23-24-48-53/h13-16,20,22-24,26,30,32-34,36-37H,5,9-12,17-19,21,25,27-29H2,1-4,6-8H3. The van der Waals surface area contributed by atoms with Gasteiger partial charge in [0.2, 0.25) is 0 Å². The molecule has 2 amide bonds. The third kappa shape index (κ3) is 9.08. The first-order valence-corrected chi connectivity index (χ1v) is 21.4. The monoisotopic (exact) mass is 790 g/mol. The summed E-state index contributed by atoms with van der Waals surface area (Å²) in [5.74, 6) is 0.420. The first kappa shape index (κ1) is 42.4. The van der Waals surface area contributed by atoms with Crippen LogP contribution in [-0.4, -0.2) is 81.2 Å². The third-order valence-electron chi connectivity index (χ3n) is 12.6. The van der Waals surface area contributed by atoms with E-state index in [2.05, 4.69) is 80.1 Å². The quantitative estimate of drug-likeness (QED) is 0.110. The lowest BCUT2D eigenvalue weighted by Gasteiger charge is -2.39. The zero-order valence-electron chi connectivity index (χ0n) is 35.6. The van der Waals surface area contributed by atoms with Crippen LogP contribution in [0.1, 0.15) is 141 Å². The number of amides is 2. The Morgan fingerprint density at radius 1 is 0.914 bits per heavy atom. The molecule has 310 valence electrons. The molecule has 0 N–H and O–H groups in total. The molecule has 2 saturated heterocycles. The molecule has 4 aromatic rings. The second-order valence-corrected chi connectivity index (χ2v) is 16.3. The number of hydrogen-bond acceptors (Lipinski definition) is 8. The van der Waals surface area contributed by atoms with Gasteiger partial charge in [0.25, 0.3) is 11.8 Å². The number of rotatable bonds is 15. The molecule has 2 aliphatic rings. The number of carbonyl (C=O) groups excluding carboxylic acids is 3. The molecular weight excluding hydrogens is 729 g/mol. The number of ether oxygens (including phenoxy) is 1. The molecule has 0 saturated carbocycles. The number of methoxy groups -OCH3 is 1. The molecule has 4 atom stereocenters. The minimum absolute atomic E-state index is 0.00732. The number of allylic oxidation sites excluding steroid dienone is 1. The summed E-state index contributed by atoms with van der Waals surface area (Å²) in [6.07, 6.45) is 11.0. The molecule has 4 heterocycles. The van der Waals surface area contributed by atoms with E-state index in [0.29, 0.717) is 36.0 Å². The minimum Gasteiger partial charge on any atom is -0.464 e. The normalized spacial score (nSPS) is 19.7. The van der Waals surface area contributed by atoms with Crippen LogP contribution in [0, 0.1) is 11.8 Å². The molecule has 2 aliphatic heterocycles. The summed E-state index contributed by atoms with van der Waals surface area (Å²) in [4.78, 5) is 52.1. The molecule has 2 fully saturated rings. The van der Waals surface area contributed by atoms with E-state index in [1.807, 2.05) is 46.0 Å². The largest absolute Gasteiger partial charge is 0.464 e. The summed E-state index contributed by atoms with van der Waals surface area (Å²) in [7, 11) is 1.32. The lowest BCUT2D eigenvalue weighted by Crippen LogP contribution is -2.46. The molecule has 11 heteroatoms. The SMILES string of the molecule is C=C(CC)N(CC(CC)CC)c1cc(CC2CCC(C)N(C(=O)c3ccccc3-n3nccc3CC)C2)ccc1C(=O)N1CC(c2nc(C(=O)OC)co2)CCC1C. The van der Waals surface area contributed by atoms with Crippen molar-refractivity contribution in [2.75, 3.05) is 31.6 Å². The molecule has 0 radical (unpaired) electrons. The van der Waals surface area contributed by atoms with Crippen LogP contribution < -0.4 is 4.90 Å². The maximum Gasteiger partial charge on any atom is 0.360 e. The number of carbonyl (C=O) groups is 3. The zero-order chi connectivity index (χ0) is 41.5. The van der Waals surface area contributed by atoms with Crippen LogP contribution in [0.5, 0.6) is 0 Å². The smallest absolute Gasteiger partial charge is 0.360 e. The van der Waals surface area contributed by atoms with Crippen molar-refractivity contribution >= 4 is 23.5 Å². The van der Waals surface area contributed by atoms with Gasteiger partial charge in [-0.15, -0.1) is 0 Å². The number of hydrogen-bond donors (Lipinski definition) is 0. The van der Waals surface area contributed by atoms with E-state index in [9.17, 15) is 14.4 Å². The van der Waals surface area contributed by atoms with Crippen molar-refractivity contribution in [2.45, 2.75) is 117 Å². The third-order valence-corrected chi connectivity index (χ3v) is 12.6. The second kappa shape index (κ2) is 19.0. The van der Waals surface area contributed by atoms with Crippen molar-refractivity contribution in [1.29, 1.82) is 0 Å². The van der Waals surface area contributed by atoms with Crippen molar-refractivity contribution in [1.82, 2.24) is 24.6 Å². The lowest BCUT2D eigenvalue weighted by atomic mass is 9.87. The Morgan fingerprint density at radius 3 is 2.33 bits per heavy atom. The van der Waals surface area contributed by atoms with Crippen LogP contribution in [0.15, 0.2) is 77.7 Å². The Balaban J connectivity index is 1.29. The fourth-order valence-electron chi connectivity index (χ4n) is 8.70. The van der Waals surface area contributed by atoms with Gasteiger partial charge in [0.1, 0.15) is 6.26 Å². The Labute approximate surface area is 344 Å². The van der Waals surface area contributed by atoms with E-state index in [-0.39, 0.29) is 41.4 Å². The number of esters is 1. The molecular formula is C47H62N6O5. The molecule has 4 unspecified atom stereocenters. The zero-order valence-corrected chi connectivity index (χ0v) is 35.6. The maximum absolute atomic E-state index is 14.8. The van der Waals surface area contributed by atoms with Gasteiger partial charge in [-0.3, -0.25) is 9.59 Å². The number of nitrogens with zero attached hydrogens (tertiary/aromatic N) is 6. The number of para-hydroxylation sites is 1. The Bertz CT molecular complexity index is 2060. The van der Waals surface area contributed by atoms with Crippen LogP contribution >= 0.6 is 0 Å². The summed E-state index contributed by atoms with van der Waals surface area (Å²) in [6, 6.07) is 16.2. The first-order chi connectivity index (χ1) is 28.0. The van der Waals surface area contributed by atoms with Crippen LogP contribution in [0.25, 0.3) is 5.69 Å². The Morgan fingerprint density at radius 2 is 1.62 bits per heavy atom. The van der Waals surface area contributed by atoms with Crippen LogP contribution in [0.4, 0.5) is 5.69 Å². The number of aryl methyl sites for hydroxylation is 1. The average molecular weight is 791 g/mol. The van der Waals surface area contributed by atoms with Gasteiger partial charge < -0.3 is 23.9 Å². The van der Waals surface area contributed by atoms with Crippen LogP contribution in [-0.2, 0) is 17.6 Å². The van der Waals surface area contributed by atoms with Gasteiger partial charge in [0.15, 0.2) is 11.6 Å². The fourth-order valence-corrected chi connectivity index (χ4v) is 8.70. The van der Waals surface area contributed by atoms with E-state index >= 15 is 0 Å². The van der Waals surface area contributed by atoms with Crippen molar-refractivity contribution in [3.05, 3.63) is 107 Å². The van der Waals surface area contributed by atoms with Gasteiger partial charge in [-0.05, 0) is 107 Å². The van der Waals surface area contributed by atoms with Gasteiger partial charge >= 0.3 is 5.97 Å². The molecule has 2 aromatic heterocycles. The number of aromatic nitrogens is 3. The maximum atomic E-state index is 14.8. The Kier molecular flexibility index (Phi) is 13.9. The Hall–Kier alpha value is -5.19. The average Bonchev–Trinajstić information content (AvgIpc) is 3.95. The van der Waals surface area contributed by atoms with Crippen LogP contribution in [0.3, 0.4) is 0 Å². The van der Waals surface area contributed by atoms with Gasteiger partial charge in [0.05, 0.1) is 35.5 Å². The second-order valence-electron chi connectivity index (χ2n) is 16.3. The van der Waals surface area contributed by atoms with Gasteiger partial charge in [-0.1, -0.05) is 65.3 Å². The van der Waals surface area contributed by atoms with E-state index < -0.39 is 5.97 Å². The predicted molar refractivity (Wildman–Crippen MR) is 227 cm³/mol. The highest BCUT2D eigenvalue weighted by molar-refractivity contribution is 6.01. The number of anilines is 1. The van der Waals surface area contributed by atoms with Gasteiger partial charge in [-0.25, -0.2) is 14.5 Å². The van der Waals surface area contributed by atoms with E-state index in [0.717, 1.165) is 92.7 Å². The molecule has 11 nitrogen and oxygen atoms in total. The van der Waals surface area contributed by atoms with Gasteiger partial charge in [-0.2, -0.15) is 5.10 Å². The lowest BCUT2D eigenvalue weighted by molar-refractivity contribution is 0.0557. The summed E-state index contributed by atoms with van der Waals surface area (Å²) in [6.45, 7) is 19.3. The van der Waals surface area contributed by atoms with Crippen molar-refractivity contribution < 1.29 is 23.5 Å². The molecule has 6 rings (SSSR count). The number of piperidine rings is 2. The summed E-state index contributed by atoms with van der Waals surface area (Å²) < 4.78 is 12.5. The molecule has 2 aromatic carbocycles. The summed E-state index contributed by atoms with van der Waals surface area (Å²) in [5, 5.41) is 4.57. The highest BCUT2D eigenvalue weighted by Crippen LogP contribution is 2.36. The first-order valence-electron chi connectivity index (χ1n) is 21.4. The molecule has 0 spiro atoms. The fraction of sp³-hybridized carbons (Fsp3) is 0.511. The van der Waals surface area contributed by atoms with E-state index in [1.54, 1.807) is 6.20 Å². The van der Waals surface area contributed by atoms with Gasteiger partial charge in [0, 0.05) is 49.3 Å². The molecule has 0 bridgehead atoms. The minimum atomic E-state index is -0.547. The molecule has 0 aliphatic carbocycles. The van der Waals surface area contributed by atoms with Crippen molar-refractivity contribution in [3.63, 3.8) is 0 Å². The molecule has 58 heavy (non-hydrogen) atoms. The predicted octanol–water partition coefficient (Wildman–Crippen LogP) is 9.27. The van der Waals surface area contributed by atoms with Crippen molar-refractivity contribution in [2.24, 2.45) is 11.8 Å². The van der Waals surface area contributed by atoms with E-state index in [1.165, 1.54) is 13.4 Å². The van der Waals surface area contributed by atoms with E-state index in [4.69, 9.17) is 9.15 Å².